The first-order valence-corrected chi connectivity index (χ1v) is 6.15. The summed E-state index contributed by atoms with van der Waals surface area (Å²) in [5.74, 6) is 0. The van der Waals surface area contributed by atoms with Crippen molar-refractivity contribution in [1.82, 2.24) is 0 Å². The highest BCUT2D eigenvalue weighted by atomic mass is 32.2. The van der Waals surface area contributed by atoms with Crippen LogP contribution in [0.15, 0.2) is 30.8 Å². The summed E-state index contributed by atoms with van der Waals surface area (Å²) in [7, 11) is 0. The Labute approximate surface area is 85.4 Å². The lowest BCUT2D eigenvalue weighted by atomic mass is 10.7. The van der Waals surface area contributed by atoms with Crippen LogP contribution in [0, 0.1) is 0 Å². The van der Waals surface area contributed by atoms with Crippen molar-refractivity contribution in [3.05, 3.63) is 30.8 Å². The largest absolute Gasteiger partial charge is 0.151 e. The van der Waals surface area contributed by atoms with Gasteiger partial charge in [0.1, 0.15) is 0 Å². The molecule has 0 spiro atoms. The minimum absolute atomic E-state index is 1.34. The van der Waals surface area contributed by atoms with Crippen LogP contribution in [0.25, 0.3) is 0 Å². The molecule has 0 fully saturated rings. The molecule has 0 bridgehead atoms. The van der Waals surface area contributed by atoms with Crippen molar-refractivity contribution >= 4 is 47.9 Å². The predicted molar refractivity (Wildman–Crippen MR) is 62.7 cm³/mol. The molecule has 0 atom stereocenters. The Kier molecular flexibility index (Phi) is 4.67. The Morgan fingerprint density at radius 2 is 2.18 bits per heavy atom. The predicted octanol–water partition coefficient (Wildman–Crippen LogP) is 4.26. The zero-order chi connectivity index (χ0) is 8.10. The molecule has 1 aliphatic rings. The van der Waals surface area contributed by atoms with Gasteiger partial charge in [0, 0.05) is 4.91 Å². The van der Waals surface area contributed by atoms with Gasteiger partial charge in [0.2, 0.25) is 0 Å². The van der Waals surface area contributed by atoms with E-state index in [0.29, 0.717) is 0 Å². The first kappa shape index (κ1) is 9.71. The van der Waals surface area contributed by atoms with Gasteiger partial charge in [0.15, 0.2) is 0 Å². The van der Waals surface area contributed by atoms with Crippen molar-refractivity contribution in [3.8, 4) is 0 Å². The van der Waals surface area contributed by atoms with Gasteiger partial charge in [-0.2, -0.15) is 12.6 Å². The molecule has 0 radical (unpaired) electrons. The van der Waals surface area contributed by atoms with Crippen molar-refractivity contribution in [2.45, 2.75) is 6.92 Å². The molecule has 1 aliphatic heterocycles. The van der Waals surface area contributed by atoms with E-state index in [1.807, 2.05) is 5.41 Å². The number of thiol groups is 1. The van der Waals surface area contributed by atoms with Gasteiger partial charge in [-0.15, -0.1) is 11.8 Å². The molecular formula is C7H8S4. The van der Waals surface area contributed by atoms with Crippen LogP contribution in [0.2, 0.25) is 0 Å². The van der Waals surface area contributed by atoms with E-state index >= 15 is 0 Å². The molecule has 0 saturated carbocycles. The molecule has 0 amide bonds. The first-order chi connectivity index (χ1) is 5.34. The maximum absolute atomic E-state index is 3.98. The number of allylic oxidation sites excluding steroid dienone is 1. The van der Waals surface area contributed by atoms with Crippen LogP contribution in [-0.2, 0) is 0 Å². The third kappa shape index (κ3) is 3.23. The molecule has 0 saturated heterocycles. The summed E-state index contributed by atoms with van der Waals surface area (Å²) in [6.07, 6.45) is 0. The summed E-state index contributed by atoms with van der Waals surface area (Å²) in [5, 5.41) is 7.94. The highest BCUT2D eigenvalue weighted by Crippen LogP contribution is 2.42. The average molecular weight is 220 g/mol. The van der Waals surface area contributed by atoms with Crippen molar-refractivity contribution in [3.63, 3.8) is 0 Å². The second-order valence-electron chi connectivity index (χ2n) is 1.75. The van der Waals surface area contributed by atoms with Crippen LogP contribution in [0.5, 0.6) is 0 Å². The van der Waals surface area contributed by atoms with Gasteiger partial charge in [0.25, 0.3) is 0 Å². The third-order valence-electron chi connectivity index (χ3n) is 0.999. The van der Waals surface area contributed by atoms with Gasteiger partial charge in [-0.3, -0.25) is 0 Å². The van der Waals surface area contributed by atoms with Gasteiger partial charge in [-0.1, -0.05) is 23.5 Å². The molecule has 0 nitrogen and oxygen atoms in total. The Morgan fingerprint density at radius 1 is 1.55 bits per heavy atom. The molecule has 60 valence electrons. The molecule has 0 aromatic carbocycles. The quantitative estimate of drug-likeness (QED) is 0.691. The summed E-state index contributed by atoms with van der Waals surface area (Å²) in [6, 6.07) is 0. The van der Waals surface area contributed by atoms with Crippen LogP contribution in [0.1, 0.15) is 6.92 Å². The van der Waals surface area contributed by atoms with Crippen molar-refractivity contribution in [1.29, 1.82) is 0 Å². The van der Waals surface area contributed by atoms with Crippen LogP contribution >= 0.6 is 47.9 Å². The monoisotopic (exact) mass is 220 g/mol. The SMILES string of the molecule is CC(S/C=C\S)=C1SC=CS1. The van der Waals surface area contributed by atoms with Crippen LogP contribution in [-0.4, -0.2) is 0 Å². The number of hydrogen-bond acceptors (Lipinski definition) is 4. The molecule has 0 unspecified atom stereocenters. The maximum Gasteiger partial charge on any atom is 0.0582 e. The van der Waals surface area contributed by atoms with Gasteiger partial charge < -0.3 is 0 Å². The average Bonchev–Trinajstić information content (AvgIpc) is 2.52. The van der Waals surface area contributed by atoms with Gasteiger partial charge >= 0.3 is 0 Å². The smallest absolute Gasteiger partial charge is 0.0582 e. The van der Waals surface area contributed by atoms with E-state index in [4.69, 9.17) is 0 Å². The molecule has 1 rings (SSSR count). The number of hydrogen-bond donors (Lipinski definition) is 1. The highest BCUT2D eigenvalue weighted by Gasteiger charge is 2.05. The van der Waals surface area contributed by atoms with E-state index < -0.39 is 0 Å². The Balaban J connectivity index is 2.50. The molecule has 0 aromatic heterocycles. The van der Waals surface area contributed by atoms with Crippen LogP contribution < -0.4 is 0 Å². The molecule has 0 N–H and O–H groups in total. The number of rotatable bonds is 2. The van der Waals surface area contributed by atoms with E-state index in [9.17, 15) is 0 Å². The Hall–Kier alpha value is 0.620. The number of thioether (sulfide) groups is 3. The third-order valence-corrected chi connectivity index (χ3v) is 4.77. The minimum atomic E-state index is 1.34. The summed E-state index contributed by atoms with van der Waals surface area (Å²) in [6.45, 7) is 2.13. The van der Waals surface area contributed by atoms with E-state index in [-0.39, 0.29) is 0 Å². The molecule has 0 aliphatic carbocycles. The van der Waals surface area contributed by atoms with E-state index in [1.54, 1.807) is 40.7 Å². The molecule has 1 heterocycles. The Bertz CT molecular complexity index is 204. The van der Waals surface area contributed by atoms with Crippen molar-refractivity contribution < 1.29 is 0 Å². The van der Waals surface area contributed by atoms with Crippen LogP contribution in [0.3, 0.4) is 0 Å². The summed E-state index contributed by atoms with van der Waals surface area (Å²) < 4.78 is 1.38. The van der Waals surface area contributed by atoms with E-state index in [0.717, 1.165) is 0 Å². The van der Waals surface area contributed by atoms with E-state index in [2.05, 4.69) is 30.4 Å². The van der Waals surface area contributed by atoms with Gasteiger partial charge in [-0.25, -0.2) is 0 Å². The second-order valence-corrected chi connectivity index (χ2v) is 5.26. The standard InChI is InChI=1S/C7H8S4/c1-6(9-3-2-8)7-10-4-5-11-7/h2-5,8H,1H3/b3-2-. The lowest BCUT2D eigenvalue weighted by molar-refractivity contribution is 1.71. The normalized spacial score (nSPS) is 16.7. The second kappa shape index (κ2) is 5.30. The highest BCUT2D eigenvalue weighted by molar-refractivity contribution is 8.28. The molecule has 4 heteroatoms. The lowest BCUT2D eigenvalue weighted by Gasteiger charge is -1.98. The maximum atomic E-state index is 3.98. The molecular weight excluding hydrogens is 212 g/mol. The summed E-state index contributed by atoms with van der Waals surface area (Å²) in [5.41, 5.74) is 0. The Morgan fingerprint density at radius 3 is 2.73 bits per heavy atom. The minimum Gasteiger partial charge on any atom is -0.151 e. The fraction of sp³-hybridized carbons (Fsp3) is 0.143. The lowest BCUT2D eigenvalue weighted by Crippen LogP contribution is -1.66. The van der Waals surface area contributed by atoms with Crippen LogP contribution in [0.4, 0.5) is 0 Å². The van der Waals surface area contributed by atoms with Gasteiger partial charge in [-0.05, 0) is 28.6 Å². The summed E-state index contributed by atoms with van der Waals surface area (Å²) >= 11 is 9.27. The zero-order valence-electron chi connectivity index (χ0n) is 5.98. The topological polar surface area (TPSA) is 0 Å². The first-order valence-electron chi connectivity index (χ1n) is 2.99. The van der Waals surface area contributed by atoms with Crippen molar-refractivity contribution in [2.24, 2.45) is 0 Å². The zero-order valence-corrected chi connectivity index (χ0v) is 9.33. The summed E-state index contributed by atoms with van der Waals surface area (Å²) in [4.78, 5) is 1.34. The molecule has 11 heavy (non-hydrogen) atoms. The fourth-order valence-electron chi connectivity index (χ4n) is 0.553. The van der Waals surface area contributed by atoms with E-state index in [1.165, 1.54) is 9.14 Å². The molecule has 0 aromatic rings. The van der Waals surface area contributed by atoms with Gasteiger partial charge in [0.05, 0.1) is 4.24 Å². The van der Waals surface area contributed by atoms with Crippen molar-refractivity contribution in [2.75, 3.05) is 0 Å². The fourth-order valence-corrected chi connectivity index (χ4v) is 3.25.